The molecule has 0 spiro atoms. The zero-order chi connectivity index (χ0) is 9.52. The van der Waals surface area contributed by atoms with Gasteiger partial charge in [0.25, 0.3) is 0 Å². The van der Waals surface area contributed by atoms with Crippen LogP contribution in [0.3, 0.4) is 0 Å². The Hall–Kier alpha value is -0.160. The van der Waals surface area contributed by atoms with E-state index in [-0.39, 0.29) is 12.6 Å². The predicted molar refractivity (Wildman–Crippen MR) is 51.5 cm³/mol. The van der Waals surface area contributed by atoms with E-state index in [1.165, 1.54) is 0 Å². The van der Waals surface area contributed by atoms with Crippen molar-refractivity contribution in [1.82, 2.24) is 5.32 Å². The molecule has 78 valence electrons. The lowest BCUT2D eigenvalue weighted by Gasteiger charge is -2.22. The van der Waals surface area contributed by atoms with Crippen LogP contribution in [0.1, 0.15) is 12.8 Å². The molecule has 0 amide bonds. The minimum Gasteiger partial charge on any atom is -0.395 e. The van der Waals surface area contributed by atoms with Crippen molar-refractivity contribution in [3.63, 3.8) is 0 Å². The van der Waals surface area contributed by atoms with Gasteiger partial charge in [0.1, 0.15) is 0 Å². The van der Waals surface area contributed by atoms with Gasteiger partial charge in [-0.3, -0.25) is 0 Å². The number of nitrogens with one attached hydrogen (secondary N) is 1. The van der Waals surface area contributed by atoms with E-state index in [1.807, 2.05) is 0 Å². The zero-order valence-corrected chi connectivity index (χ0v) is 8.04. The summed E-state index contributed by atoms with van der Waals surface area (Å²) >= 11 is 0. The summed E-state index contributed by atoms with van der Waals surface area (Å²) in [6.07, 6.45) is 2.28. The molecule has 4 nitrogen and oxygen atoms in total. The SMILES string of the molecule is NC(CO)CNCC1CCOCC1. The van der Waals surface area contributed by atoms with Gasteiger partial charge in [0.2, 0.25) is 0 Å². The van der Waals surface area contributed by atoms with Gasteiger partial charge in [-0.15, -0.1) is 0 Å². The standard InChI is InChI=1S/C9H20N2O2/c10-9(7-12)6-11-5-8-1-3-13-4-2-8/h8-9,11-12H,1-7,10H2. The van der Waals surface area contributed by atoms with Crippen molar-refractivity contribution in [3.05, 3.63) is 0 Å². The first-order valence-electron chi connectivity index (χ1n) is 4.98. The van der Waals surface area contributed by atoms with E-state index in [0.717, 1.165) is 38.5 Å². The van der Waals surface area contributed by atoms with Crippen molar-refractivity contribution >= 4 is 0 Å². The van der Waals surface area contributed by atoms with Gasteiger partial charge in [-0.25, -0.2) is 0 Å². The summed E-state index contributed by atoms with van der Waals surface area (Å²) in [6, 6.07) is -0.125. The second-order valence-electron chi connectivity index (χ2n) is 3.66. The van der Waals surface area contributed by atoms with E-state index >= 15 is 0 Å². The van der Waals surface area contributed by atoms with Crippen molar-refractivity contribution in [2.75, 3.05) is 32.9 Å². The van der Waals surface area contributed by atoms with Crippen molar-refractivity contribution in [3.8, 4) is 0 Å². The van der Waals surface area contributed by atoms with E-state index < -0.39 is 0 Å². The molecule has 1 aliphatic rings. The van der Waals surface area contributed by atoms with Crippen LogP contribution in [0.4, 0.5) is 0 Å². The molecule has 1 unspecified atom stereocenters. The number of hydrogen-bond acceptors (Lipinski definition) is 4. The molecule has 0 aromatic carbocycles. The van der Waals surface area contributed by atoms with Crippen LogP contribution in [0.2, 0.25) is 0 Å². The van der Waals surface area contributed by atoms with Gasteiger partial charge in [0.05, 0.1) is 6.61 Å². The quantitative estimate of drug-likeness (QED) is 0.535. The van der Waals surface area contributed by atoms with Gasteiger partial charge in [-0.2, -0.15) is 0 Å². The molecule has 0 aromatic heterocycles. The lowest BCUT2D eigenvalue weighted by Crippen LogP contribution is -2.39. The van der Waals surface area contributed by atoms with Gasteiger partial charge >= 0.3 is 0 Å². The number of ether oxygens (including phenoxy) is 1. The summed E-state index contributed by atoms with van der Waals surface area (Å²) in [4.78, 5) is 0. The molecule has 1 aliphatic heterocycles. The third kappa shape index (κ3) is 4.57. The van der Waals surface area contributed by atoms with E-state index in [2.05, 4.69) is 5.32 Å². The van der Waals surface area contributed by atoms with Crippen LogP contribution < -0.4 is 11.1 Å². The number of aliphatic hydroxyl groups is 1. The Morgan fingerprint density at radius 3 is 2.77 bits per heavy atom. The Morgan fingerprint density at radius 1 is 1.46 bits per heavy atom. The minimum atomic E-state index is -0.125. The third-order valence-electron chi connectivity index (χ3n) is 2.41. The summed E-state index contributed by atoms with van der Waals surface area (Å²) in [7, 11) is 0. The van der Waals surface area contributed by atoms with Gasteiger partial charge in [0.15, 0.2) is 0 Å². The molecule has 1 atom stereocenters. The Balaban J connectivity index is 1.98. The number of hydrogen-bond donors (Lipinski definition) is 3. The van der Waals surface area contributed by atoms with Gasteiger partial charge < -0.3 is 20.9 Å². The lowest BCUT2D eigenvalue weighted by molar-refractivity contribution is 0.0661. The predicted octanol–water partition coefficient (Wildman–Crippen LogP) is -0.678. The van der Waals surface area contributed by atoms with Crippen LogP contribution in [-0.2, 0) is 4.74 Å². The zero-order valence-electron chi connectivity index (χ0n) is 8.04. The molecular weight excluding hydrogens is 168 g/mol. The average Bonchev–Trinajstić information content (AvgIpc) is 2.19. The van der Waals surface area contributed by atoms with E-state index in [0.29, 0.717) is 6.54 Å². The molecule has 0 aromatic rings. The first-order chi connectivity index (χ1) is 6.33. The Bertz CT molecular complexity index is 127. The van der Waals surface area contributed by atoms with E-state index in [4.69, 9.17) is 15.6 Å². The van der Waals surface area contributed by atoms with E-state index in [9.17, 15) is 0 Å². The van der Waals surface area contributed by atoms with Crippen molar-refractivity contribution < 1.29 is 9.84 Å². The van der Waals surface area contributed by atoms with Crippen LogP contribution in [0.5, 0.6) is 0 Å². The molecule has 4 heteroatoms. The fourth-order valence-electron chi connectivity index (χ4n) is 1.49. The summed E-state index contributed by atoms with van der Waals surface area (Å²) in [5.41, 5.74) is 5.55. The maximum Gasteiger partial charge on any atom is 0.0594 e. The first kappa shape index (κ1) is 10.9. The molecule has 1 fully saturated rings. The normalized spacial score (nSPS) is 21.7. The second kappa shape index (κ2) is 6.32. The maximum atomic E-state index is 8.69. The summed E-state index contributed by atoms with van der Waals surface area (Å²) in [6.45, 7) is 3.53. The fraction of sp³-hybridized carbons (Fsp3) is 1.00. The van der Waals surface area contributed by atoms with Gasteiger partial charge in [-0.05, 0) is 25.3 Å². The van der Waals surface area contributed by atoms with Crippen molar-refractivity contribution in [2.45, 2.75) is 18.9 Å². The Labute approximate surface area is 79.5 Å². The molecule has 1 heterocycles. The highest BCUT2D eigenvalue weighted by Gasteiger charge is 2.13. The molecular formula is C9H20N2O2. The molecule has 1 rings (SSSR count). The number of aliphatic hydroxyl groups excluding tert-OH is 1. The minimum absolute atomic E-state index is 0.0563. The molecule has 0 aliphatic carbocycles. The average molecular weight is 188 g/mol. The molecule has 4 N–H and O–H groups in total. The van der Waals surface area contributed by atoms with E-state index in [1.54, 1.807) is 0 Å². The fourth-order valence-corrected chi connectivity index (χ4v) is 1.49. The molecule has 0 radical (unpaired) electrons. The Kier molecular flexibility index (Phi) is 5.31. The molecule has 1 saturated heterocycles. The molecule has 13 heavy (non-hydrogen) atoms. The third-order valence-corrected chi connectivity index (χ3v) is 2.41. The maximum absolute atomic E-state index is 8.69. The topological polar surface area (TPSA) is 67.5 Å². The Morgan fingerprint density at radius 2 is 2.15 bits per heavy atom. The van der Waals surface area contributed by atoms with Crippen LogP contribution in [-0.4, -0.2) is 44.1 Å². The highest BCUT2D eigenvalue weighted by Crippen LogP contribution is 2.12. The van der Waals surface area contributed by atoms with Gasteiger partial charge in [-0.1, -0.05) is 0 Å². The van der Waals surface area contributed by atoms with Crippen molar-refractivity contribution in [2.24, 2.45) is 11.7 Å². The van der Waals surface area contributed by atoms with Crippen molar-refractivity contribution in [1.29, 1.82) is 0 Å². The summed E-state index contributed by atoms with van der Waals surface area (Å²) in [5.74, 6) is 0.722. The van der Waals surface area contributed by atoms with Crippen LogP contribution in [0.25, 0.3) is 0 Å². The molecule has 0 bridgehead atoms. The highest BCUT2D eigenvalue weighted by atomic mass is 16.5. The molecule has 0 saturated carbocycles. The summed E-state index contributed by atoms with van der Waals surface area (Å²) < 4.78 is 5.26. The number of rotatable bonds is 5. The van der Waals surface area contributed by atoms with Crippen LogP contribution in [0.15, 0.2) is 0 Å². The second-order valence-corrected chi connectivity index (χ2v) is 3.66. The summed E-state index contributed by atoms with van der Waals surface area (Å²) in [5, 5.41) is 12.0. The monoisotopic (exact) mass is 188 g/mol. The smallest absolute Gasteiger partial charge is 0.0594 e. The van der Waals surface area contributed by atoms with Crippen LogP contribution >= 0.6 is 0 Å². The van der Waals surface area contributed by atoms with Gasteiger partial charge in [0, 0.05) is 25.8 Å². The number of nitrogens with two attached hydrogens (primary N) is 1. The lowest BCUT2D eigenvalue weighted by atomic mass is 10.0. The largest absolute Gasteiger partial charge is 0.395 e. The van der Waals surface area contributed by atoms with Crippen LogP contribution in [0, 0.1) is 5.92 Å². The first-order valence-corrected chi connectivity index (χ1v) is 4.98. The highest BCUT2D eigenvalue weighted by molar-refractivity contribution is 4.68.